The van der Waals surface area contributed by atoms with E-state index in [0.717, 1.165) is 54.2 Å². The lowest BCUT2D eigenvalue weighted by Crippen LogP contribution is -2.38. The molecule has 0 aliphatic carbocycles. The van der Waals surface area contributed by atoms with E-state index in [1.165, 1.54) is 11.1 Å². The Balaban J connectivity index is 1.34. The van der Waals surface area contributed by atoms with Gasteiger partial charge in [-0.3, -0.25) is 4.79 Å². The van der Waals surface area contributed by atoms with Crippen LogP contribution in [0.25, 0.3) is 16.8 Å². The van der Waals surface area contributed by atoms with Crippen LogP contribution in [-0.4, -0.2) is 33.6 Å². The van der Waals surface area contributed by atoms with Gasteiger partial charge in [0.25, 0.3) is 0 Å². The molecule has 0 unspecified atom stereocenters. The van der Waals surface area contributed by atoms with Crippen molar-refractivity contribution in [1.82, 2.24) is 14.6 Å². The number of nitrogens with zero attached hydrogens (tertiary/aromatic N) is 4. The first-order chi connectivity index (χ1) is 15.6. The molecule has 6 heteroatoms. The first kappa shape index (κ1) is 20.2. The minimum Gasteiger partial charge on any atom is -0.355 e. The molecule has 0 atom stereocenters. The number of para-hydroxylation sites is 1. The quantitative estimate of drug-likeness (QED) is 0.507. The molecule has 0 spiro atoms. The summed E-state index contributed by atoms with van der Waals surface area (Å²) in [7, 11) is 0. The van der Waals surface area contributed by atoms with Gasteiger partial charge in [0.1, 0.15) is 5.52 Å². The fraction of sp³-hybridized carbons (Fsp3) is 0.269. The Kier molecular flexibility index (Phi) is 5.35. The zero-order valence-corrected chi connectivity index (χ0v) is 18.5. The molecule has 1 aliphatic rings. The van der Waals surface area contributed by atoms with E-state index in [9.17, 15) is 4.79 Å². The molecule has 1 fully saturated rings. The molecule has 4 aromatic rings. The molecular formula is C26H27N5O. The van der Waals surface area contributed by atoms with Gasteiger partial charge in [0.15, 0.2) is 5.82 Å². The molecule has 1 N–H and O–H groups in total. The molecule has 6 nitrogen and oxygen atoms in total. The summed E-state index contributed by atoms with van der Waals surface area (Å²) >= 11 is 0. The first-order valence-electron chi connectivity index (χ1n) is 11.1. The van der Waals surface area contributed by atoms with Gasteiger partial charge in [0.2, 0.25) is 5.91 Å². The van der Waals surface area contributed by atoms with E-state index >= 15 is 0 Å². The average molecular weight is 426 g/mol. The number of aromatic nitrogens is 3. The van der Waals surface area contributed by atoms with Crippen molar-refractivity contribution in [3.63, 3.8) is 0 Å². The number of nitrogens with one attached hydrogen (secondary N) is 1. The Hall–Kier alpha value is -3.67. The smallest absolute Gasteiger partial charge is 0.227 e. The maximum Gasteiger partial charge on any atom is 0.227 e. The Morgan fingerprint density at radius 3 is 2.59 bits per heavy atom. The molecule has 0 bridgehead atoms. The van der Waals surface area contributed by atoms with Crippen LogP contribution in [0.1, 0.15) is 24.0 Å². The second kappa shape index (κ2) is 8.46. The number of fused-ring (bicyclic) bond motifs is 1. The second-order valence-corrected chi connectivity index (χ2v) is 8.55. The minimum atomic E-state index is 0.0154. The van der Waals surface area contributed by atoms with E-state index in [0.29, 0.717) is 0 Å². The summed E-state index contributed by atoms with van der Waals surface area (Å²) in [5.41, 5.74) is 6.38. The van der Waals surface area contributed by atoms with Gasteiger partial charge < -0.3 is 10.2 Å². The van der Waals surface area contributed by atoms with Crippen LogP contribution in [0.15, 0.2) is 67.0 Å². The highest BCUT2D eigenvalue weighted by molar-refractivity contribution is 5.92. The average Bonchev–Trinajstić information content (AvgIpc) is 3.26. The number of anilines is 2. The molecule has 1 amide bonds. The summed E-state index contributed by atoms with van der Waals surface area (Å²) in [4.78, 5) is 19.6. The maximum atomic E-state index is 12.7. The molecule has 32 heavy (non-hydrogen) atoms. The van der Waals surface area contributed by atoms with E-state index in [1.807, 2.05) is 41.0 Å². The molecule has 162 valence electrons. The van der Waals surface area contributed by atoms with E-state index in [1.54, 1.807) is 6.20 Å². The van der Waals surface area contributed by atoms with Gasteiger partial charge in [-0.2, -0.15) is 5.10 Å². The predicted molar refractivity (Wildman–Crippen MR) is 128 cm³/mol. The summed E-state index contributed by atoms with van der Waals surface area (Å²) in [5, 5.41) is 7.86. The summed E-state index contributed by atoms with van der Waals surface area (Å²) in [6.07, 6.45) is 5.31. The van der Waals surface area contributed by atoms with Crippen molar-refractivity contribution in [1.29, 1.82) is 0 Å². The first-order valence-corrected chi connectivity index (χ1v) is 11.1. The van der Waals surface area contributed by atoms with Gasteiger partial charge in [-0.05, 0) is 56.5 Å². The van der Waals surface area contributed by atoms with Crippen molar-refractivity contribution >= 4 is 22.9 Å². The van der Waals surface area contributed by atoms with Crippen LogP contribution in [0.3, 0.4) is 0 Å². The third-order valence-corrected chi connectivity index (χ3v) is 6.25. The fourth-order valence-corrected chi connectivity index (χ4v) is 4.41. The van der Waals surface area contributed by atoms with Crippen molar-refractivity contribution in [2.75, 3.05) is 23.3 Å². The Morgan fingerprint density at radius 1 is 1.03 bits per heavy atom. The number of hydrogen-bond acceptors (Lipinski definition) is 4. The highest BCUT2D eigenvalue weighted by atomic mass is 16.1. The van der Waals surface area contributed by atoms with Crippen LogP contribution in [-0.2, 0) is 4.79 Å². The highest BCUT2D eigenvalue weighted by Crippen LogP contribution is 2.30. The van der Waals surface area contributed by atoms with Crippen molar-refractivity contribution in [2.24, 2.45) is 5.92 Å². The van der Waals surface area contributed by atoms with Crippen molar-refractivity contribution in [2.45, 2.75) is 26.7 Å². The molecule has 2 aromatic carbocycles. The molecular weight excluding hydrogens is 398 g/mol. The standard InChI is InChI=1S/C26H27N5O/c1-18-8-9-19(2)22(16-18)23-17-24-25(27-12-15-31(24)29-23)30-13-10-20(11-14-30)26(32)28-21-6-4-3-5-7-21/h3-9,12,15-17,20H,10-11,13-14H2,1-2H3,(H,28,32). The van der Waals surface area contributed by atoms with E-state index < -0.39 is 0 Å². The van der Waals surface area contributed by atoms with Crippen LogP contribution < -0.4 is 10.2 Å². The van der Waals surface area contributed by atoms with Crippen molar-refractivity contribution in [3.05, 3.63) is 78.1 Å². The summed E-state index contributed by atoms with van der Waals surface area (Å²) in [5.74, 6) is 1.05. The van der Waals surface area contributed by atoms with E-state index in [-0.39, 0.29) is 11.8 Å². The number of amides is 1. The number of benzene rings is 2. The van der Waals surface area contributed by atoms with Gasteiger partial charge in [-0.1, -0.05) is 35.9 Å². The van der Waals surface area contributed by atoms with Crippen LogP contribution in [0, 0.1) is 19.8 Å². The lowest BCUT2D eigenvalue weighted by Gasteiger charge is -2.32. The second-order valence-electron chi connectivity index (χ2n) is 8.55. The van der Waals surface area contributed by atoms with Crippen molar-refractivity contribution < 1.29 is 4.79 Å². The number of hydrogen-bond donors (Lipinski definition) is 1. The van der Waals surface area contributed by atoms with Gasteiger partial charge in [0, 0.05) is 42.7 Å². The maximum absolute atomic E-state index is 12.7. The monoisotopic (exact) mass is 425 g/mol. The molecule has 1 saturated heterocycles. The third-order valence-electron chi connectivity index (χ3n) is 6.25. The number of rotatable bonds is 4. The van der Waals surface area contributed by atoms with Gasteiger partial charge >= 0.3 is 0 Å². The SMILES string of the molecule is Cc1ccc(C)c(-c2cc3c(N4CCC(C(=O)Nc5ccccc5)CC4)nccn3n2)c1. The molecule has 0 radical (unpaired) electrons. The van der Waals surface area contributed by atoms with E-state index in [4.69, 9.17) is 5.10 Å². The largest absolute Gasteiger partial charge is 0.355 e. The lowest BCUT2D eigenvalue weighted by atomic mass is 9.95. The van der Waals surface area contributed by atoms with Crippen LogP contribution in [0.4, 0.5) is 11.5 Å². The van der Waals surface area contributed by atoms with Gasteiger partial charge in [-0.15, -0.1) is 0 Å². The predicted octanol–water partition coefficient (Wildman–Crippen LogP) is 4.87. The number of piperidine rings is 1. The minimum absolute atomic E-state index is 0.0154. The fourth-order valence-electron chi connectivity index (χ4n) is 4.41. The zero-order valence-electron chi connectivity index (χ0n) is 18.5. The Labute approximate surface area is 187 Å². The van der Waals surface area contributed by atoms with Crippen LogP contribution in [0.2, 0.25) is 0 Å². The van der Waals surface area contributed by atoms with Crippen LogP contribution >= 0.6 is 0 Å². The number of carbonyl (C=O) groups is 1. The molecule has 0 saturated carbocycles. The summed E-state index contributed by atoms with van der Waals surface area (Å²) in [6, 6.07) is 18.2. The third kappa shape index (κ3) is 3.96. The highest BCUT2D eigenvalue weighted by Gasteiger charge is 2.27. The van der Waals surface area contributed by atoms with E-state index in [2.05, 4.69) is 53.3 Å². The topological polar surface area (TPSA) is 62.5 Å². The molecule has 2 aromatic heterocycles. The molecule has 1 aliphatic heterocycles. The Morgan fingerprint density at radius 2 is 1.81 bits per heavy atom. The summed E-state index contributed by atoms with van der Waals surface area (Å²) in [6.45, 7) is 5.81. The Bertz CT molecular complexity index is 1260. The van der Waals surface area contributed by atoms with Crippen molar-refractivity contribution in [3.8, 4) is 11.3 Å². The molecule has 5 rings (SSSR count). The number of aryl methyl sites for hydroxylation is 2. The van der Waals surface area contributed by atoms with Gasteiger partial charge in [0.05, 0.1) is 5.69 Å². The lowest BCUT2D eigenvalue weighted by molar-refractivity contribution is -0.120. The normalized spacial score (nSPS) is 14.6. The van der Waals surface area contributed by atoms with Gasteiger partial charge in [-0.25, -0.2) is 9.50 Å². The summed E-state index contributed by atoms with van der Waals surface area (Å²) < 4.78 is 1.91. The zero-order chi connectivity index (χ0) is 22.1. The molecule has 3 heterocycles. The van der Waals surface area contributed by atoms with Crippen LogP contribution in [0.5, 0.6) is 0 Å². The number of carbonyl (C=O) groups excluding carboxylic acids is 1.